The molecular formula is C10H12N4O2S. The van der Waals surface area contributed by atoms with Gasteiger partial charge in [-0.2, -0.15) is 0 Å². The predicted molar refractivity (Wildman–Crippen MR) is 64.5 cm³/mol. The molecule has 0 unspecified atom stereocenters. The molecule has 1 aliphatic rings. The van der Waals surface area contributed by atoms with Crippen LogP contribution in [0.4, 0.5) is 10.5 Å². The number of nitrogens with zero attached hydrogens (tertiary/aromatic N) is 2. The zero-order valence-electron chi connectivity index (χ0n) is 9.05. The minimum absolute atomic E-state index is 0.101. The highest BCUT2D eigenvalue weighted by atomic mass is 32.2. The molecular weight excluding hydrogens is 240 g/mol. The lowest BCUT2D eigenvalue weighted by atomic mass is 10.4. The van der Waals surface area contributed by atoms with E-state index in [2.05, 4.69) is 10.3 Å². The van der Waals surface area contributed by atoms with Crippen molar-refractivity contribution >= 4 is 29.4 Å². The van der Waals surface area contributed by atoms with Gasteiger partial charge < -0.3 is 11.1 Å². The summed E-state index contributed by atoms with van der Waals surface area (Å²) in [5.41, 5.74) is 6.13. The second-order valence-electron chi connectivity index (χ2n) is 3.48. The average molecular weight is 252 g/mol. The summed E-state index contributed by atoms with van der Waals surface area (Å²) in [7, 11) is 0. The number of thioether (sulfide) groups is 1. The SMILES string of the molecule is Nc1ccc(SCCN2C(=O)CNC2=O)nc1. The van der Waals surface area contributed by atoms with E-state index in [4.69, 9.17) is 5.73 Å². The van der Waals surface area contributed by atoms with Gasteiger partial charge in [0.1, 0.15) is 0 Å². The molecule has 1 aromatic heterocycles. The van der Waals surface area contributed by atoms with Crippen LogP contribution in [-0.2, 0) is 4.79 Å². The van der Waals surface area contributed by atoms with Crippen LogP contribution >= 0.6 is 11.8 Å². The Kier molecular flexibility index (Phi) is 3.48. The number of rotatable bonds is 4. The van der Waals surface area contributed by atoms with Crippen LogP contribution in [0.5, 0.6) is 0 Å². The standard InChI is InChI=1S/C10H12N4O2S/c11-7-1-2-8(12-5-7)17-4-3-14-9(15)6-13-10(14)16/h1-2,5H,3-4,6,11H2,(H,13,16). The van der Waals surface area contributed by atoms with Crippen molar-refractivity contribution < 1.29 is 9.59 Å². The monoisotopic (exact) mass is 252 g/mol. The minimum Gasteiger partial charge on any atom is -0.397 e. The summed E-state index contributed by atoms with van der Waals surface area (Å²) in [6, 6.07) is 3.26. The number of nitrogens with two attached hydrogens (primary N) is 1. The number of nitrogen functional groups attached to an aromatic ring is 1. The zero-order valence-corrected chi connectivity index (χ0v) is 9.87. The molecule has 1 saturated heterocycles. The lowest BCUT2D eigenvalue weighted by Gasteiger charge is -2.11. The molecule has 0 spiro atoms. The molecule has 1 aliphatic heterocycles. The maximum absolute atomic E-state index is 11.3. The van der Waals surface area contributed by atoms with Gasteiger partial charge in [-0.1, -0.05) is 0 Å². The second-order valence-corrected chi connectivity index (χ2v) is 4.60. The number of carbonyl (C=O) groups excluding carboxylic acids is 2. The summed E-state index contributed by atoms with van der Waals surface area (Å²) >= 11 is 1.48. The highest BCUT2D eigenvalue weighted by Gasteiger charge is 2.27. The normalized spacial score (nSPS) is 15.2. The Balaban J connectivity index is 1.81. The molecule has 2 rings (SSSR count). The van der Waals surface area contributed by atoms with E-state index < -0.39 is 0 Å². The van der Waals surface area contributed by atoms with Crippen LogP contribution in [0.2, 0.25) is 0 Å². The van der Waals surface area contributed by atoms with Crippen molar-refractivity contribution in [3.05, 3.63) is 18.3 Å². The highest BCUT2D eigenvalue weighted by molar-refractivity contribution is 7.99. The number of aromatic nitrogens is 1. The first-order valence-electron chi connectivity index (χ1n) is 5.09. The number of nitrogens with one attached hydrogen (secondary N) is 1. The van der Waals surface area contributed by atoms with E-state index in [0.717, 1.165) is 5.03 Å². The number of pyridine rings is 1. The number of urea groups is 1. The van der Waals surface area contributed by atoms with Gasteiger partial charge in [0, 0.05) is 12.3 Å². The third-order valence-corrected chi connectivity index (χ3v) is 3.19. The number of imide groups is 1. The van der Waals surface area contributed by atoms with Crippen LogP contribution in [0.25, 0.3) is 0 Å². The van der Waals surface area contributed by atoms with Gasteiger partial charge in [0.15, 0.2) is 0 Å². The van der Waals surface area contributed by atoms with E-state index in [0.29, 0.717) is 18.0 Å². The van der Waals surface area contributed by atoms with Crippen LogP contribution in [0.1, 0.15) is 0 Å². The molecule has 0 atom stereocenters. The molecule has 0 bridgehead atoms. The molecule has 1 aromatic rings. The molecule has 7 heteroatoms. The third kappa shape index (κ3) is 2.88. The van der Waals surface area contributed by atoms with Crippen LogP contribution < -0.4 is 11.1 Å². The molecule has 0 radical (unpaired) electrons. The fraction of sp³-hybridized carbons (Fsp3) is 0.300. The molecule has 0 aliphatic carbocycles. The Morgan fingerprint density at radius 3 is 2.88 bits per heavy atom. The van der Waals surface area contributed by atoms with Gasteiger partial charge in [-0.3, -0.25) is 9.69 Å². The number of amides is 3. The lowest BCUT2D eigenvalue weighted by molar-refractivity contribution is -0.124. The summed E-state index contributed by atoms with van der Waals surface area (Å²) < 4.78 is 0. The molecule has 3 amide bonds. The van der Waals surface area contributed by atoms with Crippen molar-refractivity contribution in [2.75, 3.05) is 24.6 Å². The molecule has 2 heterocycles. The van der Waals surface area contributed by atoms with Crippen LogP contribution in [-0.4, -0.2) is 40.7 Å². The average Bonchev–Trinajstić information content (AvgIpc) is 2.63. The summed E-state index contributed by atoms with van der Waals surface area (Å²) in [4.78, 5) is 27.8. The molecule has 0 aromatic carbocycles. The molecule has 0 saturated carbocycles. The van der Waals surface area contributed by atoms with E-state index in [-0.39, 0.29) is 18.5 Å². The van der Waals surface area contributed by atoms with Crippen LogP contribution in [0.3, 0.4) is 0 Å². The van der Waals surface area contributed by atoms with Crippen molar-refractivity contribution in [1.29, 1.82) is 0 Å². The van der Waals surface area contributed by atoms with E-state index >= 15 is 0 Å². The van der Waals surface area contributed by atoms with Gasteiger partial charge in [-0.15, -0.1) is 11.8 Å². The number of hydrogen-bond acceptors (Lipinski definition) is 5. The van der Waals surface area contributed by atoms with E-state index in [1.54, 1.807) is 12.3 Å². The van der Waals surface area contributed by atoms with Crippen molar-refractivity contribution in [2.45, 2.75) is 5.03 Å². The first-order valence-corrected chi connectivity index (χ1v) is 6.08. The molecule has 1 fully saturated rings. The molecule has 90 valence electrons. The van der Waals surface area contributed by atoms with E-state index in [1.165, 1.54) is 16.7 Å². The Morgan fingerprint density at radius 1 is 1.47 bits per heavy atom. The number of carbonyl (C=O) groups is 2. The van der Waals surface area contributed by atoms with E-state index in [9.17, 15) is 9.59 Å². The number of hydrogen-bond donors (Lipinski definition) is 2. The number of anilines is 1. The summed E-state index contributed by atoms with van der Waals surface area (Å²) in [5.74, 6) is 0.441. The van der Waals surface area contributed by atoms with Crippen molar-refractivity contribution in [3.63, 3.8) is 0 Å². The topological polar surface area (TPSA) is 88.3 Å². The maximum Gasteiger partial charge on any atom is 0.324 e. The second kappa shape index (κ2) is 5.05. The summed E-state index contributed by atoms with van der Waals surface area (Å²) in [5, 5.41) is 3.30. The van der Waals surface area contributed by atoms with Gasteiger partial charge in [0.05, 0.1) is 23.5 Å². The van der Waals surface area contributed by atoms with Crippen LogP contribution in [0.15, 0.2) is 23.4 Å². The Bertz CT molecular complexity index is 418. The molecule has 6 nitrogen and oxygen atoms in total. The summed E-state index contributed by atoms with van der Waals surface area (Å²) in [6.45, 7) is 0.491. The smallest absolute Gasteiger partial charge is 0.324 e. The maximum atomic E-state index is 11.3. The Hall–Kier alpha value is -1.76. The Labute approximate surface area is 103 Å². The minimum atomic E-state index is -0.319. The first-order chi connectivity index (χ1) is 8.16. The largest absolute Gasteiger partial charge is 0.397 e. The van der Waals surface area contributed by atoms with Crippen LogP contribution in [0, 0.1) is 0 Å². The quantitative estimate of drug-likeness (QED) is 0.594. The Morgan fingerprint density at radius 2 is 2.29 bits per heavy atom. The van der Waals surface area contributed by atoms with Gasteiger partial charge in [-0.25, -0.2) is 9.78 Å². The van der Waals surface area contributed by atoms with Gasteiger partial charge in [0.2, 0.25) is 5.91 Å². The fourth-order valence-electron chi connectivity index (χ4n) is 1.40. The molecule has 17 heavy (non-hydrogen) atoms. The fourth-order valence-corrected chi connectivity index (χ4v) is 2.17. The van der Waals surface area contributed by atoms with Gasteiger partial charge in [-0.05, 0) is 12.1 Å². The first kappa shape index (κ1) is 11.7. The highest BCUT2D eigenvalue weighted by Crippen LogP contribution is 2.16. The predicted octanol–water partition coefficient (Wildman–Crippen LogP) is 0.308. The lowest BCUT2D eigenvalue weighted by Crippen LogP contribution is -2.32. The molecule has 3 N–H and O–H groups in total. The van der Waals surface area contributed by atoms with Crippen molar-refractivity contribution in [1.82, 2.24) is 15.2 Å². The van der Waals surface area contributed by atoms with Gasteiger partial charge in [0.25, 0.3) is 0 Å². The van der Waals surface area contributed by atoms with Crippen molar-refractivity contribution in [2.24, 2.45) is 0 Å². The van der Waals surface area contributed by atoms with E-state index in [1.807, 2.05) is 6.07 Å². The zero-order chi connectivity index (χ0) is 12.3. The third-order valence-electron chi connectivity index (χ3n) is 2.26. The van der Waals surface area contributed by atoms with Crippen molar-refractivity contribution in [3.8, 4) is 0 Å². The summed E-state index contributed by atoms with van der Waals surface area (Å²) in [6.07, 6.45) is 1.58. The van der Waals surface area contributed by atoms with Gasteiger partial charge >= 0.3 is 6.03 Å².